The van der Waals surface area contributed by atoms with Gasteiger partial charge in [0.2, 0.25) is 0 Å². The normalized spacial score (nSPS) is 12.9. The van der Waals surface area contributed by atoms with Crippen molar-refractivity contribution in [1.29, 1.82) is 0 Å². The van der Waals surface area contributed by atoms with Gasteiger partial charge in [-0.2, -0.15) is 0 Å². The Morgan fingerprint density at radius 2 is 0.590 bits per heavy atom. The number of hydrogen-bond donors (Lipinski definition) is 0. The zero-order valence-electron chi connectivity index (χ0n) is 34.3. The highest BCUT2D eigenvalue weighted by molar-refractivity contribution is 6.23. The van der Waals surface area contributed by atoms with Gasteiger partial charge in [0, 0.05) is 5.41 Å². The van der Waals surface area contributed by atoms with Crippen LogP contribution in [-0.2, 0) is 5.41 Å². The fourth-order valence-corrected chi connectivity index (χ4v) is 10.6. The number of hydrogen-bond acceptors (Lipinski definition) is 0. The lowest BCUT2D eigenvalue weighted by Crippen LogP contribution is -2.14. The quantitative estimate of drug-likeness (QED) is 0.153. The van der Waals surface area contributed by atoms with E-state index in [0.717, 1.165) is 0 Å². The second kappa shape index (κ2) is 13.8. The Bertz CT molecular complexity index is 3460. The molecule has 61 heavy (non-hydrogen) atoms. The molecule has 0 unspecified atom stereocenters. The van der Waals surface area contributed by atoms with Gasteiger partial charge in [-0.15, -0.1) is 0 Å². The summed E-state index contributed by atoms with van der Waals surface area (Å²) >= 11 is 0. The molecule has 1 aliphatic rings. The van der Waals surface area contributed by atoms with E-state index in [2.05, 4.69) is 232 Å². The van der Waals surface area contributed by atoms with Crippen molar-refractivity contribution in [2.24, 2.45) is 0 Å². The van der Waals surface area contributed by atoms with E-state index in [1.54, 1.807) is 0 Å². The molecule has 0 amide bonds. The van der Waals surface area contributed by atoms with Crippen LogP contribution in [0, 0.1) is 0 Å². The van der Waals surface area contributed by atoms with Gasteiger partial charge >= 0.3 is 0 Å². The van der Waals surface area contributed by atoms with Crippen LogP contribution in [0.5, 0.6) is 0 Å². The molecule has 0 aliphatic heterocycles. The lowest BCUT2D eigenvalue weighted by Gasteiger charge is -2.23. The van der Waals surface area contributed by atoms with Crippen molar-refractivity contribution in [3.63, 3.8) is 0 Å². The van der Waals surface area contributed by atoms with Gasteiger partial charge in [0.15, 0.2) is 0 Å². The van der Waals surface area contributed by atoms with E-state index in [-0.39, 0.29) is 5.41 Å². The Morgan fingerprint density at radius 1 is 0.230 bits per heavy atom. The van der Waals surface area contributed by atoms with E-state index < -0.39 is 0 Å². The van der Waals surface area contributed by atoms with E-state index in [9.17, 15) is 0 Å². The first kappa shape index (κ1) is 35.4. The zero-order chi connectivity index (χ0) is 40.7. The first-order chi connectivity index (χ1) is 30.0. The third-order valence-electron chi connectivity index (χ3n) is 13.5. The maximum atomic E-state index is 2.47. The summed E-state index contributed by atoms with van der Waals surface area (Å²) in [6, 6.07) is 81.1. The zero-order valence-corrected chi connectivity index (χ0v) is 34.3. The first-order valence-electron chi connectivity index (χ1n) is 21.4. The van der Waals surface area contributed by atoms with Gasteiger partial charge in [-0.25, -0.2) is 0 Å². The monoisotopic (exact) mass is 774 g/mol. The predicted octanol–water partition coefficient (Wildman–Crippen LogP) is 16.9. The molecule has 0 atom stereocenters. The Kier molecular flexibility index (Phi) is 7.99. The highest BCUT2D eigenvalue weighted by Crippen LogP contribution is 2.52. The lowest BCUT2D eigenvalue weighted by atomic mass is 9.80. The third kappa shape index (κ3) is 5.46. The second-order valence-electron chi connectivity index (χ2n) is 17.1. The molecule has 0 saturated heterocycles. The van der Waals surface area contributed by atoms with Crippen molar-refractivity contribution >= 4 is 43.1 Å². The highest BCUT2D eigenvalue weighted by Gasteiger charge is 2.35. The molecule has 11 aromatic carbocycles. The predicted molar refractivity (Wildman–Crippen MR) is 261 cm³/mol. The largest absolute Gasteiger partial charge is 0.0622 e. The van der Waals surface area contributed by atoms with Crippen LogP contribution in [0.3, 0.4) is 0 Å². The van der Waals surface area contributed by atoms with Crippen LogP contribution in [0.1, 0.15) is 25.0 Å². The average Bonchev–Trinajstić information content (AvgIpc) is 3.55. The van der Waals surface area contributed by atoms with Gasteiger partial charge in [0.05, 0.1) is 0 Å². The van der Waals surface area contributed by atoms with Crippen molar-refractivity contribution in [2.75, 3.05) is 0 Å². The molecule has 0 saturated carbocycles. The molecule has 0 heteroatoms. The smallest absolute Gasteiger partial charge is 0.0159 e. The van der Waals surface area contributed by atoms with Crippen molar-refractivity contribution in [2.45, 2.75) is 19.3 Å². The maximum absolute atomic E-state index is 2.47. The second-order valence-corrected chi connectivity index (χ2v) is 17.1. The van der Waals surface area contributed by atoms with Gasteiger partial charge in [-0.3, -0.25) is 0 Å². The molecule has 0 spiro atoms. The molecule has 0 bridgehead atoms. The van der Waals surface area contributed by atoms with Crippen molar-refractivity contribution in [3.05, 3.63) is 230 Å². The standard InChI is InChI=1S/C61H42/c1-61(2)55-28-16-15-21-45(55)46-35-34-44(38-56(46)61)60-51-26-13-10-23-48(51)58(49-24-11-14-27-52(49)60)42-31-29-39(30-32-42)43-33-36-53-54(37-43)59(41-19-7-4-8-20-41)50-25-12-9-22-47(50)57(53)40-17-5-3-6-18-40/h3-38H,1-2H3. The minimum Gasteiger partial charge on any atom is -0.0622 e. The molecule has 286 valence electrons. The Morgan fingerprint density at radius 3 is 1.13 bits per heavy atom. The van der Waals surface area contributed by atoms with Crippen LogP contribution >= 0.6 is 0 Å². The molecule has 0 nitrogen and oxygen atoms in total. The van der Waals surface area contributed by atoms with Crippen LogP contribution < -0.4 is 0 Å². The molecule has 0 aromatic heterocycles. The molecular formula is C61H42. The fourth-order valence-electron chi connectivity index (χ4n) is 10.6. The van der Waals surface area contributed by atoms with E-state index in [0.29, 0.717) is 0 Å². The van der Waals surface area contributed by atoms with E-state index in [1.165, 1.54) is 121 Å². The number of rotatable bonds is 5. The summed E-state index contributed by atoms with van der Waals surface area (Å²) in [5, 5.41) is 10.2. The van der Waals surface area contributed by atoms with Gasteiger partial charge < -0.3 is 0 Å². The van der Waals surface area contributed by atoms with Gasteiger partial charge in [0.25, 0.3) is 0 Å². The lowest BCUT2D eigenvalue weighted by molar-refractivity contribution is 0.660. The third-order valence-corrected chi connectivity index (χ3v) is 13.5. The fraction of sp³-hybridized carbons (Fsp3) is 0.0492. The summed E-state index contributed by atoms with van der Waals surface area (Å²) in [6.45, 7) is 4.74. The van der Waals surface area contributed by atoms with Crippen LogP contribution in [0.25, 0.3) is 110 Å². The summed E-state index contributed by atoms with van der Waals surface area (Å²) in [7, 11) is 0. The van der Waals surface area contributed by atoms with Crippen LogP contribution in [0.4, 0.5) is 0 Å². The molecule has 0 heterocycles. The Labute approximate surface area is 357 Å². The summed E-state index contributed by atoms with van der Waals surface area (Å²) in [5.74, 6) is 0. The molecule has 0 N–H and O–H groups in total. The number of fused-ring (bicyclic) bond motifs is 7. The topological polar surface area (TPSA) is 0 Å². The van der Waals surface area contributed by atoms with Crippen LogP contribution in [-0.4, -0.2) is 0 Å². The van der Waals surface area contributed by atoms with Crippen LogP contribution in [0.2, 0.25) is 0 Å². The van der Waals surface area contributed by atoms with E-state index in [1.807, 2.05) is 0 Å². The summed E-state index contributed by atoms with van der Waals surface area (Å²) in [4.78, 5) is 0. The van der Waals surface area contributed by atoms with E-state index >= 15 is 0 Å². The molecule has 11 aromatic rings. The molecular weight excluding hydrogens is 733 g/mol. The van der Waals surface area contributed by atoms with Gasteiger partial charge in [-0.05, 0) is 133 Å². The first-order valence-corrected chi connectivity index (χ1v) is 21.4. The highest BCUT2D eigenvalue weighted by atomic mass is 14.4. The molecule has 0 radical (unpaired) electrons. The Hall–Kier alpha value is -7.54. The van der Waals surface area contributed by atoms with E-state index in [4.69, 9.17) is 0 Å². The molecule has 1 aliphatic carbocycles. The number of benzene rings is 11. The minimum atomic E-state index is -0.0681. The minimum absolute atomic E-state index is 0.0681. The van der Waals surface area contributed by atoms with Gasteiger partial charge in [0.1, 0.15) is 0 Å². The summed E-state index contributed by atoms with van der Waals surface area (Å²) in [5.41, 5.74) is 17.9. The molecule has 12 rings (SSSR count). The maximum Gasteiger partial charge on any atom is 0.0159 e. The average molecular weight is 775 g/mol. The molecule has 0 fully saturated rings. The summed E-state index contributed by atoms with van der Waals surface area (Å²) < 4.78 is 0. The summed E-state index contributed by atoms with van der Waals surface area (Å²) in [6.07, 6.45) is 0. The SMILES string of the molecule is CC1(C)c2ccccc2-c2ccc(-c3c4ccccc4c(-c4ccc(-c5ccc6c(-c7ccccc7)c7ccccc7c(-c7ccccc7)c6c5)cc4)c4ccccc34)cc21. The van der Waals surface area contributed by atoms with Gasteiger partial charge in [-0.1, -0.05) is 220 Å². The van der Waals surface area contributed by atoms with Crippen molar-refractivity contribution in [3.8, 4) is 66.8 Å². The van der Waals surface area contributed by atoms with Crippen molar-refractivity contribution < 1.29 is 0 Å². The van der Waals surface area contributed by atoms with Crippen LogP contribution in [0.15, 0.2) is 218 Å². The van der Waals surface area contributed by atoms with Crippen molar-refractivity contribution in [1.82, 2.24) is 0 Å². The Balaban J connectivity index is 1.02.